The number of benzene rings is 1. The number of allylic oxidation sites excluding steroid dienone is 2. The standard InChI is InChI=1S/C23H26N4O4/c1-30-17-6-5-12(10-18(17)31-2)14-8-15-20(16(28)9-14)19(13-4-3-7-24-11-13)21-22(25-15)26-27-23(21)29/h3-7,10-11,14,19,21-23,25-27,29H,8-9H2,1-2H3/t14-,19-,21?,22?,23?/m1/s1. The SMILES string of the molecule is COc1ccc([C@H]2CC(=O)C3=C(C2)NC2NNC(O)C2[C@@H]3c2cccnc2)cc1OC. The molecule has 3 aliphatic rings. The minimum Gasteiger partial charge on any atom is -0.493 e. The van der Waals surface area contributed by atoms with E-state index in [1.807, 2.05) is 30.3 Å². The molecule has 1 aromatic carbocycles. The quantitative estimate of drug-likeness (QED) is 0.589. The first-order valence-electron chi connectivity index (χ1n) is 10.4. The molecular formula is C23H26N4O4. The number of nitrogens with zero attached hydrogens (tertiary/aromatic N) is 1. The van der Waals surface area contributed by atoms with Crippen LogP contribution in [0, 0.1) is 5.92 Å². The third-order valence-electron chi connectivity index (χ3n) is 6.59. The van der Waals surface area contributed by atoms with E-state index in [-0.39, 0.29) is 29.7 Å². The van der Waals surface area contributed by atoms with Crippen LogP contribution < -0.4 is 25.6 Å². The largest absolute Gasteiger partial charge is 0.493 e. The molecule has 1 aliphatic carbocycles. The molecule has 2 aromatic rings. The summed E-state index contributed by atoms with van der Waals surface area (Å²) in [6.07, 6.45) is 3.66. The van der Waals surface area contributed by atoms with Gasteiger partial charge in [0.1, 0.15) is 6.23 Å². The maximum atomic E-state index is 13.5. The van der Waals surface area contributed by atoms with Crippen LogP contribution >= 0.6 is 0 Å². The van der Waals surface area contributed by atoms with Gasteiger partial charge in [0.05, 0.1) is 20.4 Å². The maximum Gasteiger partial charge on any atom is 0.161 e. The Kier molecular flexibility index (Phi) is 5.13. The highest BCUT2D eigenvalue weighted by atomic mass is 16.5. The first-order valence-corrected chi connectivity index (χ1v) is 10.4. The van der Waals surface area contributed by atoms with E-state index in [9.17, 15) is 9.90 Å². The van der Waals surface area contributed by atoms with E-state index in [1.165, 1.54) is 0 Å². The molecule has 5 rings (SSSR count). The molecule has 1 saturated heterocycles. The number of aliphatic hydroxyl groups is 1. The number of carbonyl (C=O) groups excluding carboxylic acids is 1. The summed E-state index contributed by atoms with van der Waals surface area (Å²) in [5.41, 5.74) is 9.70. The number of aromatic nitrogens is 1. The second-order valence-electron chi connectivity index (χ2n) is 8.23. The molecule has 0 spiro atoms. The molecule has 162 valence electrons. The van der Waals surface area contributed by atoms with Gasteiger partial charge in [0.25, 0.3) is 0 Å². The number of fused-ring (bicyclic) bond motifs is 1. The zero-order valence-corrected chi connectivity index (χ0v) is 17.5. The van der Waals surface area contributed by atoms with Gasteiger partial charge in [-0.2, -0.15) is 0 Å². The number of Topliss-reactive ketones (excluding diaryl/α,β-unsaturated/α-hetero) is 1. The molecule has 0 radical (unpaired) electrons. The number of hydrogen-bond donors (Lipinski definition) is 4. The van der Waals surface area contributed by atoms with Crippen molar-refractivity contribution in [3.63, 3.8) is 0 Å². The second kappa shape index (κ2) is 7.96. The number of carbonyl (C=O) groups is 1. The zero-order chi connectivity index (χ0) is 21.5. The van der Waals surface area contributed by atoms with Gasteiger partial charge < -0.3 is 19.9 Å². The van der Waals surface area contributed by atoms with Crippen molar-refractivity contribution < 1.29 is 19.4 Å². The highest BCUT2D eigenvalue weighted by Gasteiger charge is 2.49. The summed E-state index contributed by atoms with van der Waals surface area (Å²) in [5.74, 6) is 1.00. The van der Waals surface area contributed by atoms with Crippen LogP contribution in [0.5, 0.6) is 11.5 Å². The molecule has 1 fully saturated rings. The minimum atomic E-state index is -0.770. The third kappa shape index (κ3) is 3.37. The van der Waals surface area contributed by atoms with Crippen LogP contribution in [-0.4, -0.2) is 42.5 Å². The van der Waals surface area contributed by atoms with Crippen molar-refractivity contribution >= 4 is 5.78 Å². The van der Waals surface area contributed by atoms with Gasteiger partial charge in [0.15, 0.2) is 17.3 Å². The fraction of sp³-hybridized carbons (Fsp3) is 0.391. The number of hydrogen-bond acceptors (Lipinski definition) is 8. The molecule has 4 N–H and O–H groups in total. The van der Waals surface area contributed by atoms with Crippen LogP contribution in [0.15, 0.2) is 54.0 Å². The molecule has 5 atom stereocenters. The maximum absolute atomic E-state index is 13.5. The molecule has 8 nitrogen and oxygen atoms in total. The highest BCUT2D eigenvalue weighted by molar-refractivity contribution is 5.99. The molecule has 31 heavy (non-hydrogen) atoms. The summed E-state index contributed by atoms with van der Waals surface area (Å²) in [5, 5.41) is 14.1. The molecule has 1 aromatic heterocycles. The lowest BCUT2D eigenvalue weighted by Gasteiger charge is -2.41. The Hall–Kier alpha value is -2.94. The third-order valence-corrected chi connectivity index (χ3v) is 6.59. The summed E-state index contributed by atoms with van der Waals surface area (Å²) in [7, 11) is 3.22. The number of methoxy groups -OCH3 is 2. The molecule has 0 amide bonds. The van der Waals surface area contributed by atoms with Crippen molar-refractivity contribution in [2.24, 2.45) is 5.92 Å². The number of aliphatic hydroxyl groups excluding tert-OH is 1. The molecule has 3 heterocycles. The molecule has 8 heteroatoms. The average Bonchev–Trinajstić information content (AvgIpc) is 3.17. The average molecular weight is 422 g/mol. The Morgan fingerprint density at radius 3 is 2.65 bits per heavy atom. The predicted molar refractivity (Wildman–Crippen MR) is 113 cm³/mol. The van der Waals surface area contributed by atoms with Gasteiger partial charge in [-0.3, -0.25) is 9.78 Å². The number of ether oxygens (including phenoxy) is 2. The molecule has 2 aliphatic heterocycles. The van der Waals surface area contributed by atoms with Gasteiger partial charge in [-0.05, 0) is 41.7 Å². The minimum absolute atomic E-state index is 0.0314. The Labute approximate surface area is 180 Å². The second-order valence-corrected chi connectivity index (χ2v) is 8.23. The van der Waals surface area contributed by atoms with Crippen molar-refractivity contribution in [3.8, 4) is 11.5 Å². The highest BCUT2D eigenvalue weighted by Crippen LogP contribution is 2.47. The molecular weight excluding hydrogens is 396 g/mol. The van der Waals surface area contributed by atoms with E-state index >= 15 is 0 Å². The van der Waals surface area contributed by atoms with Gasteiger partial charge in [0, 0.05) is 41.9 Å². The topological polar surface area (TPSA) is 105 Å². The lowest BCUT2D eigenvalue weighted by molar-refractivity contribution is -0.117. The van der Waals surface area contributed by atoms with Crippen LogP contribution in [-0.2, 0) is 4.79 Å². The summed E-state index contributed by atoms with van der Waals surface area (Å²) < 4.78 is 10.8. The van der Waals surface area contributed by atoms with Gasteiger partial charge in [0.2, 0.25) is 0 Å². The van der Waals surface area contributed by atoms with Crippen LogP contribution in [0.25, 0.3) is 0 Å². The van der Waals surface area contributed by atoms with Crippen molar-refractivity contribution in [2.45, 2.75) is 37.1 Å². The van der Waals surface area contributed by atoms with Crippen molar-refractivity contribution in [3.05, 3.63) is 65.1 Å². The van der Waals surface area contributed by atoms with Crippen LogP contribution in [0.1, 0.15) is 35.8 Å². The van der Waals surface area contributed by atoms with Crippen LogP contribution in [0.3, 0.4) is 0 Å². The number of ketones is 1. The molecule has 3 unspecified atom stereocenters. The summed E-state index contributed by atoms with van der Waals surface area (Å²) >= 11 is 0. The van der Waals surface area contributed by atoms with Crippen molar-refractivity contribution in [1.29, 1.82) is 0 Å². The van der Waals surface area contributed by atoms with E-state index in [2.05, 4.69) is 21.2 Å². The van der Waals surface area contributed by atoms with E-state index in [1.54, 1.807) is 26.6 Å². The predicted octanol–water partition coefficient (Wildman–Crippen LogP) is 1.55. The summed E-state index contributed by atoms with van der Waals surface area (Å²) in [6.45, 7) is 0. The van der Waals surface area contributed by atoms with Crippen molar-refractivity contribution in [2.75, 3.05) is 14.2 Å². The lowest BCUT2D eigenvalue weighted by atomic mass is 9.69. The fourth-order valence-corrected chi connectivity index (χ4v) is 5.16. The van der Waals surface area contributed by atoms with E-state index in [4.69, 9.17) is 9.47 Å². The number of rotatable bonds is 4. The van der Waals surface area contributed by atoms with Gasteiger partial charge in [-0.15, -0.1) is 0 Å². The molecule has 0 saturated carbocycles. The summed E-state index contributed by atoms with van der Waals surface area (Å²) in [4.78, 5) is 17.7. The Morgan fingerprint density at radius 1 is 1.06 bits per heavy atom. The first kappa shape index (κ1) is 20.0. The van der Waals surface area contributed by atoms with E-state index < -0.39 is 6.23 Å². The van der Waals surface area contributed by atoms with Crippen molar-refractivity contribution in [1.82, 2.24) is 21.2 Å². The number of hydrazine groups is 1. The summed E-state index contributed by atoms with van der Waals surface area (Å²) in [6, 6.07) is 9.67. The van der Waals surface area contributed by atoms with E-state index in [0.717, 1.165) is 22.4 Å². The molecule has 0 bridgehead atoms. The van der Waals surface area contributed by atoms with Crippen LogP contribution in [0.2, 0.25) is 0 Å². The monoisotopic (exact) mass is 422 g/mol. The number of nitrogens with one attached hydrogen (secondary N) is 3. The van der Waals surface area contributed by atoms with Gasteiger partial charge >= 0.3 is 0 Å². The lowest BCUT2D eigenvalue weighted by Crippen LogP contribution is -2.51. The Morgan fingerprint density at radius 2 is 1.90 bits per heavy atom. The van der Waals surface area contributed by atoms with E-state index in [0.29, 0.717) is 24.3 Å². The van der Waals surface area contributed by atoms with Gasteiger partial charge in [-0.25, -0.2) is 10.9 Å². The Bertz CT molecular complexity index is 1030. The Balaban J connectivity index is 1.53. The first-order chi connectivity index (χ1) is 15.1. The van der Waals surface area contributed by atoms with Crippen LogP contribution in [0.4, 0.5) is 0 Å². The smallest absolute Gasteiger partial charge is 0.161 e. The number of pyridine rings is 1. The zero-order valence-electron chi connectivity index (χ0n) is 17.5. The van der Waals surface area contributed by atoms with Gasteiger partial charge in [-0.1, -0.05) is 12.1 Å². The normalized spacial score (nSPS) is 29.8. The fourth-order valence-electron chi connectivity index (χ4n) is 5.16.